The minimum Gasteiger partial charge on any atom is -0.497 e. The number of amides is 2. The summed E-state index contributed by atoms with van der Waals surface area (Å²) < 4.78 is 15.1. The van der Waals surface area contributed by atoms with Gasteiger partial charge in [-0.3, -0.25) is 19.4 Å². The van der Waals surface area contributed by atoms with E-state index in [1.54, 1.807) is 38.5 Å². The van der Waals surface area contributed by atoms with E-state index in [1.807, 2.05) is 0 Å². The van der Waals surface area contributed by atoms with Crippen molar-refractivity contribution in [2.24, 2.45) is 0 Å². The lowest BCUT2D eigenvalue weighted by atomic mass is 10.1. The van der Waals surface area contributed by atoms with Crippen molar-refractivity contribution >= 4 is 23.9 Å². The first-order valence-corrected chi connectivity index (χ1v) is 9.08. The molecule has 0 radical (unpaired) electrons. The zero-order valence-electron chi connectivity index (χ0n) is 16.5. The number of rotatable bonds is 8. The summed E-state index contributed by atoms with van der Waals surface area (Å²) in [5.41, 5.74) is 0.699. The summed E-state index contributed by atoms with van der Waals surface area (Å²) >= 11 is 0. The number of hydrogen-bond donors (Lipinski definition) is 0. The Labute approximate surface area is 164 Å². The molecule has 8 heteroatoms. The van der Waals surface area contributed by atoms with E-state index in [1.165, 1.54) is 23.2 Å². The van der Waals surface area contributed by atoms with E-state index in [4.69, 9.17) is 9.47 Å². The Bertz CT molecular complexity index is 746. The number of esters is 1. The minimum absolute atomic E-state index is 0.179. The van der Waals surface area contributed by atoms with E-state index in [-0.39, 0.29) is 30.6 Å². The Morgan fingerprint density at radius 1 is 1.04 bits per heavy atom. The molecule has 152 valence electrons. The van der Waals surface area contributed by atoms with Crippen molar-refractivity contribution in [3.05, 3.63) is 29.8 Å². The fourth-order valence-electron chi connectivity index (χ4n) is 2.93. The highest BCUT2D eigenvalue weighted by molar-refractivity contribution is 5.94. The highest BCUT2D eigenvalue weighted by Crippen LogP contribution is 2.25. The predicted molar refractivity (Wildman–Crippen MR) is 102 cm³/mol. The van der Waals surface area contributed by atoms with Crippen molar-refractivity contribution in [3.8, 4) is 11.5 Å². The third-order valence-corrected chi connectivity index (χ3v) is 4.42. The lowest BCUT2D eigenvalue weighted by Crippen LogP contribution is -2.44. The van der Waals surface area contributed by atoms with E-state index in [0.29, 0.717) is 43.0 Å². The van der Waals surface area contributed by atoms with Gasteiger partial charge in [-0.15, -0.1) is 0 Å². The molecule has 0 saturated carbocycles. The Hall–Kier alpha value is -3.03. The highest BCUT2D eigenvalue weighted by atomic mass is 16.5. The molecule has 1 heterocycles. The third kappa shape index (κ3) is 5.48. The average Bonchev–Trinajstić information content (AvgIpc) is 3.21. The maximum atomic E-state index is 12.6. The van der Waals surface area contributed by atoms with E-state index >= 15 is 0 Å². The largest absolute Gasteiger partial charge is 0.497 e. The predicted octanol–water partition coefficient (Wildman–Crippen LogP) is 2.04. The molecule has 0 bridgehead atoms. The number of hydrazine groups is 1. The van der Waals surface area contributed by atoms with Crippen LogP contribution in [0.25, 0.3) is 6.08 Å². The average molecular weight is 390 g/mol. The molecule has 0 atom stereocenters. The molecule has 0 spiro atoms. The molecular weight excluding hydrogens is 364 g/mol. The number of carbonyl (C=O) groups is 3. The van der Waals surface area contributed by atoms with Crippen LogP contribution in [0.4, 0.5) is 0 Å². The van der Waals surface area contributed by atoms with E-state index in [2.05, 4.69) is 4.74 Å². The molecule has 1 aromatic carbocycles. The van der Waals surface area contributed by atoms with Gasteiger partial charge in [0.1, 0.15) is 11.5 Å². The Kier molecular flexibility index (Phi) is 7.86. The number of hydrogen-bond acceptors (Lipinski definition) is 6. The Morgan fingerprint density at radius 2 is 1.79 bits per heavy atom. The van der Waals surface area contributed by atoms with Crippen molar-refractivity contribution in [2.45, 2.75) is 25.7 Å². The van der Waals surface area contributed by atoms with Gasteiger partial charge >= 0.3 is 5.97 Å². The molecule has 1 fully saturated rings. The van der Waals surface area contributed by atoms with E-state index < -0.39 is 0 Å². The number of benzene rings is 1. The second-order valence-corrected chi connectivity index (χ2v) is 6.20. The van der Waals surface area contributed by atoms with Gasteiger partial charge in [-0.2, -0.15) is 0 Å². The van der Waals surface area contributed by atoms with Gasteiger partial charge in [-0.25, -0.2) is 5.01 Å². The van der Waals surface area contributed by atoms with Gasteiger partial charge < -0.3 is 14.2 Å². The Morgan fingerprint density at radius 3 is 2.46 bits per heavy atom. The van der Waals surface area contributed by atoms with Crippen LogP contribution in [-0.4, -0.2) is 62.2 Å². The molecule has 8 nitrogen and oxygen atoms in total. The van der Waals surface area contributed by atoms with Crippen LogP contribution < -0.4 is 9.47 Å². The van der Waals surface area contributed by atoms with Crippen LogP contribution in [0.2, 0.25) is 0 Å². The first-order valence-electron chi connectivity index (χ1n) is 9.08. The molecule has 1 aromatic rings. The zero-order valence-corrected chi connectivity index (χ0v) is 16.5. The number of carbonyl (C=O) groups excluding carboxylic acids is 3. The molecule has 2 rings (SSSR count). The third-order valence-electron chi connectivity index (χ3n) is 4.42. The van der Waals surface area contributed by atoms with Gasteiger partial charge in [0.2, 0.25) is 5.91 Å². The van der Waals surface area contributed by atoms with Crippen LogP contribution in [0.15, 0.2) is 24.3 Å². The summed E-state index contributed by atoms with van der Waals surface area (Å²) in [6, 6.07) is 5.30. The Balaban J connectivity index is 2.01. The van der Waals surface area contributed by atoms with Crippen molar-refractivity contribution in [2.75, 3.05) is 34.4 Å². The normalized spacial score (nSPS) is 13.7. The maximum absolute atomic E-state index is 12.6. The molecule has 0 unspecified atom stereocenters. The van der Waals surface area contributed by atoms with Crippen LogP contribution >= 0.6 is 0 Å². The van der Waals surface area contributed by atoms with Gasteiger partial charge in [0, 0.05) is 37.6 Å². The van der Waals surface area contributed by atoms with Crippen molar-refractivity contribution < 1.29 is 28.6 Å². The summed E-state index contributed by atoms with van der Waals surface area (Å²) in [6.45, 7) is 0.959. The van der Waals surface area contributed by atoms with Gasteiger partial charge in [0.05, 0.1) is 21.3 Å². The van der Waals surface area contributed by atoms with E-state index in [0.717, 1.165) is 0 Å². The molecule has 0 aromatic heterocycles. The lowest BCUT2D eigenvalue weighted by molar-refractivity contribution is -0.155. The van der Waals surface area contributed by atoms with Crippen LogP contribution in [0, 0.1) is 0 Å². The standard InChI is InChI=1S/C20H26N2O6/c1-26-16-9-10-17(27-2)15(14-16)8-11-19(24)22-13-5-12-21(22)18(23)6-4-7-20(25)28-3/h8-11,14H,4-7,12-13H2,1-3H3. The van der Waals surface area contributed by atoms with Gasteiger partial charge in [-0.1, -0.05) is 0 Å². The molecule has 28 heavy (non-hydrogen) atoms. The van der Waals surface area contributed by atoms with Gasteiger partial charge in [-0.05, 0) is 37.1 Å². The summed E-state index contributed by atoms with van der Waals surface area (Å²) in [5, 5.41) is 2.89. The second kappa shape index (κ2) is 10.3. The fraction of sp³-hybridized carbons (Fsp3) is 0.450. The SMILES string of the molecule is COC(=O)CCCC(=O)N1CCCN1C(=O)C=Cc1cc(OC)ccc1OC. The number of methoxy groups -OCH3 is 3. The summed E-state index contributed by atoms with van der Waals surface area (Å²) in [4.78, 5) is 36.2. The van der Waals surface area contributed by atoms with Crippen LogP contribution in [0.5, 0.6) is 11.5 Å². The molecule has 0 aliphatic carbocycles. The topological polar surface area (TPSA) is 85.4 Å². The minimum atomic E-state index is -0.350. The smallest absolute Gasteiger partial charge is 0.305 e. The lowest BCUT2D eigenvalue weighted by Gasteiger charge is -2.27. The molecule has 1 saturated heterocycles. The molecule has 1 aliphatic heterocycles. The first kappa shape index (κ1) is 21.3. The second-order valence-electron chi connectivity index (χ2n) is 6.20. The van der Waals surface area contributed by atoms with Crippen molar-refractivity contribution in [3.63, 3.8) is 0 Å². The van der Waals surface area contributed by atoms with Gasteiger partial charge in [0.15, 0.2) is 0 Å². The molecule has 0 N–H and O–H groups in total. The molecule has 1 aliphatic rings. The maximum Gasteiger partial charge on any atom is 0.305 e. The van der Waals surface area contributed by atoms with E-state index in [9.17, 15) is 14.4 Å². The summed E-state index contributed by atoms with van der Waals surface area (Å²) in [5.74, 6) is 0.446. The van der Waals surface area contributed by atoms with Gasteiger partial charge in [0.25, 0.3) is 5.91 Å². The number of nitrogens with zero attached hydrogens (tertiary/aromatic N) is 2. The first-order chi connectivity index (χ1) is 13.5. The number of ether oxygens (including phenoxy) is 3. The monoisotopic (exact) mass is 390 g/mol. The van der Waals surface area contributed by atoms with Crippen LogP contribution in [0.1, 0.15) is 31.2 Å². The quantitative estimate of drug-likeness (QED) is 0.499. The van der Waals surface area contributed by atoms with Crippen molar-refractivity contribution in [1.82, 2.24) is 10.0 Å². The molecule has 2 amide bonds. The van der Waals surface area contributed by atoms with Crippen molar-refractivity contribution in [1.29, 1.82) is 0 Å². The van der Waals surface area contributed by atoms with Crippen LogP contribution in [-0.2, 0) is 19.1 Å². The molecular formula is C20H26N2O6. The summed E-state index contributed by atoms with van der Waals surface area (Å²) in [7, 11) is 4.43. The van der Waals surface area contributed by atoms with Crippen LogP contribution in [0.3, 0.4) is 0 Å². The zero-order chi connectivity index (χ0) is 20.5. The summed E-state index contributed by atoms with van der Waals surface area (Å²) in [6.07, 6.45) is 4.52. The highest BCUT2D eigenvalue weighted by Gasteiger charge is 2.29. The fourth-order valence-corrected chi connectivity index (χ4v) is 2.93.